The van der Waals surface area contributed by atoms with Crippen LogP contribution < -0.4 is 5.32 Å². The normalized spacial score (nSPS) is 16.1. The van der Waals surface area contributed by atoms with Gasteiger partial charge in [-0.25, -0.2) is 4.79 Å². The number of fused-ring (bicyclic) bond motifs is 3. The van der Waals surface area contributed by atoms with Gasteiger partial charge >= 0.3 is 12.1 Å². The highest BCUT2D eigenvalue weighted by atomic mass is 16.5. The fourth-order valence-electron chi connectivity index (χ4n) is 4.85. The Morgan fingerprint density at radius 2 is 1.66 bits per heavy atom. The number of carbonyl (C=O) groups is 3. The lowest BCUT2D eigenvalue weighted by Crippen LogP contribution is -2.50. The molecule has 0 bridgehead atoms. The Balaban J connectivity index is 1.44. The first-order valence-corrected chi connectivity index (χ1v) is 12.5. The third-order valence-electron chi connectivity index (χ3n) is 7.11. The molecule has 2 aliphatic carbocycles. The van der Waals surface area contributed by atoms with Crippen LogP contribution in [0.4, 0.5) is 4.79 Å². The number of carboxylic acids is 1. The predicted molar refractivity (Wildman–Crippen MR) is 133 cm³/mol. The molecule has 186 valence electrons. The minimum absolute atomic E-state index is 0.0598. The number of aliphatic carboxylic acids is 1. The number of nitrogens with zero attached hydrogens (tertiary/aromatic N) is 1. The summed E-state index contributed by atoms with van der Waals surface area (Å²) in [5, 5.41) is 11.9. The van der Waals surface area contributed by atoms with E-state index in [1.165, 1.54) is 0 Å². The predicted octanol–water partition coefficient (Wildman–Crippen LogP) is 4.80. The van der Waals surface area contributed by atoms with E-state index >= 15 is 0 Å². The van der Waals surface area contributed by atoms with Crippen molar-refractivity contribution in [2.75, 3.05) is 13.2 Å². The molecule has 0 aromatic heterocycles. The van der Waals surface area contributed by atoms with Crippen molar-refractivity contribution in [2.24, 2.45) is 5.92 Å². The minimum atomic E-state index is -0.938. The highest BCUT2D eigenvalue weighted by Gasteiger charge is 2.37. The SMILES string of the molecule is CCC(C)CC(NC(=O)OCC1c2ccccc2-c2ccccc21)C(=O)N(CCC(=O)O)C1CC1. The molecule has 1 fully saturated rings. The van der Waals surface area contributed by atoms with Gasteiger partial charge in [0.2, 0.25) is 5.91 Å². The summed E-state index contributed by atoms with van der Waals surface area (Å²) in [6.45, 7) is 4.42. The van der Waals surface area contributed by atoms with E-state index < -0.39 is 18.1 Å². The molecule has 4 rings (SSSR count). The van der Waals surface area contributed by atoms with Crippen molar-refractivity contribution >= 4 is 18.0 Å². The zero-order valence-electron chi connectivity index (χ0n) is 20.4. The molecule has 2 aromatic rings. The van der Waals surface area contributed by atoms with E-state index in [1.54, 1.807) is 4.90 Å². The number of benzene rings is 2. The van der Waals surface area contributed by atoms with Crippen molar-refractivity contribution < 1.29 is 24.2 Å². The van der Waals surface area contributed by atoms with Crippen LogP contribution in [0.25, 0.3) is 11.1 Å². The molecule has 2 N–H and O–H groups in total. The fourth-order valence-corrected chi connectivity index (χ4v) is 4.85. The van der Waals surface area contributed by atoms with Crippen molar-refractivity contribution in [2.45, 2.75) is 64.0 Å². The number of rotatable bonds is 11. The van der Waals surface area contributed by atoms with Gasteiger partial charge in [-0.15, -0.1) is 0 Å². The van der Waals surface area contributed by atoms with Gasteiger partial charge < -0.3 is 20.1 Å². The lowest BCUT2D eigenvalue weighted by atomic mass is 9.98. The summed E-state index contributed by atoms with van der Waals surface area (Å²) in [6.07, 6.45) is 2.36. The van der Waals surface area contributed by atoms with Gasteiger partial charge in [-0.05, 0) is 47.4 Å². The van der Waals surface area contributed by atoms with Crippen molar-refractivity contribution in [3.05, 3.63) is 59.7 Å². The molecule has 7 heteroatoms. The molecule has 2 atom stereocenters. The first-order valence-electron chi connectivity index (χ1n) is 12.5. The van der Waals surface area contributed by atoms with Crippen LogP contribution in [-0.4, -0.2) is 53.2 Å². The largest absolute Gasteiger partial charge is 0.481 e. The number of nitrogens with one attached hydrogen (secondary N) is 1. The Morgan fingerprint density at radius 1 is 1.06 bits per heavy atom. The van der Waals surface area contributed by atoms with Crippen LogP contribution in [-0.2, 0) is 14.3 Å². The van der Waals surface area contributed by atoms with E-state index in [1.807, 2.05) is 38.1 Å². The molecular formula is C28H34N2O5. The Hall–Kier alpha value is -3.35. The summed E-state index contributed by atoms with van der Waals surface area (Å²) in [5.41, 5.74) is 4.56. The molecule has 1 saturated carbocycles. The maximum absolute atomic E-state index is 13.4. The average Bonchev–Trinajstić information content (AvgIpc) is 3.64. The van der Waals surface area contributed by atoms with Gasteiger partial charge in [0.15, 0.2) is 0 Å². The maximum atomic E-state index is 13.4. The molecule has 2 aliphatic rings. The van der Waals surface area contributed by atoms with E-state index in [0.29, 0.717) is 6.42 Å². The number of hydrogen-bond acceptors (Lipinski definition) is 4. The highest BCUT2D eigenvalue weighted by Crippen LogP contribution is 2.44. The summed E-state index contributed by atoms with van der Waals surface area (Å²) < 4.78 is 5.67. The lowest BCUT2D eigenvalue weighted by molar-refractivity contribution is -0.139. The van der Waals surface area contributed by atoms with Crippen LogP contribution in [0.5, 0.6) is 0 Å². The molecule has 0 aliphatic heterocycles. The smallest absolute Gasteiger partial charge is 0.407 e. The maximum Gasteiger partial charge on any atom is 0.407 e. The van der Waals surface area contributed by atoms with Crippen LogP contribution in [0, 0.1) is 5.92 Å². The molecule has 0 spiro atoms. The van der Waals surface area contributed by atoms with E-state index in [9.17, 15) is 14.4 Å². The van der Waals surface area contributed by atoms with E-state index in [-0.39, 0.29) is 43.4 Å². The molecule has 2 aromatic carbocycles. The molecular weight excluding hydrogens is 444 g/mol. The summed E-state index contributed by atoms with van der Waals surface area (Å²) in [4.78, 5) is 39.0. The molecule has 7 nitrogen and oxygen atoms in total. The van der Waals surface area contributed by atoms with Crippen molar-refractivity contribution in [3.63, 3.8) is 0 Å². The van der Waals surface area contributed by atoms with Gasteiger partial charge in [0.1, 0.15) is 12.6 Å². The molecule has 0 radical (unpaired) electrons. The molecule has 35 heavy (non-hydrogen) atoms. The Kier molecular flexibility index (Phi) is 7.73. The molecule has 2 amide bonds. The summed E-state index contributed by atoms with van der Waals surface area (Å²) in [6, 6.07) is 15.6. The van der Waals surface area contributed by atoms with Gasteiger partial charge in [-0.2, -0.15) is 0 Å². The number of carbonyl (C=O) groups excluding carboxylic acids is 2. The third kappa shape index (κ3) is 5.84. The molecule has 0 heterocycles. The standard InChI is InChI=1S/C28H34N2O5/c1-3-18(2)16-25(27(33)30(19-12-13-19)15-14-26(31)32)29-28(34)35-17-24-22-10-6-4-8-20(22)21-9-5-7-11-23(21)24/h4-11,18-19,24-25H,3,12-17H2,1-2H3,(H,29,34)(H,31,32). The van der Waals surface area contributed by atoms with Gasteiger partial charge in [0, 0.05) is 18.5 Å². The molecule has 0 saturated heterocycles. The number of hydrogen-bond donors (Lipinski definition) is 2. The summed E-state index contributed by atoms with van der Waals surface area (Å²) >= 11 is 0. The van der Waals surface area contributed by atoms with Gasteiger partial charge in [0.25, 0.3) is 0 Å². The third-order valence-corrected chi connectivity index (χ3v) is 7.11. The second-order valence-corrected chi connectivity index (χ2v) is 9.68. The van der Waals surface area contributed by atoms with Crippen LogP contribution in [0.2, 0.25) is 0 Å². The van der Waals surface area contributed by atoms with Crippen LogP contribution >= 0.6 is 0 Å². The van der Waals surface area contributed by atoms with Gasteiger partial charge in [-0.3, -0.25) is 9.59 Å². The Labute approximate surface area is 206 Å². The van der Waals surface area contributed by atoms with Gasteiger partial charge in [-0.1, -0.05) is 68.8 Å². The molecule has 2 unspecified atom stereocenters. The van der Waals surface area contributed by atoms with E-state index in [4.69, 9.17) is 9.84 Å². The first kappa shape index (κ1) is 24.8. The topological polar surface area (TPSA) is 95.9 Å². The number of carboxylic acid groups (broad SMARTS) is 1. The Morgan fingerprint density at radius 3 is 2.20 bits per heavy atom. The highest BCUT2D eigenvalue weighted by molar-refractivity contribution is 5.86. The summed E-state index contributed by atoms with van der Waals surface area (Å²) in [5.74, 6) is -0.997. The van der Waals surface area contributed by atoms with Crippen LogP contribution in [0.1, 0.15) is 63.0 Å². The quantitative estimate of drug-likeness (QED) is 0.484. The second-order valence-electron chi connectivity index (χ2n) is 9.68. The zero-order chi connectivity index (χ0) is 24.9. The van der Waals surface area contributed by atoms with Crippen molar-refractivity contribution in [1.29, 1.82) is 0 Å². The fraction of sp³-hybridized carbons (Fsp3) is 0.464. The van der Waals surface area contributed by atoms with Crippen molar-refractivity contribution in [1.82, 2.24) is 10.2 Å². The number of alkyl carbamates (subject to hydrolysis) is 1. The first-order chi connectivity index (χ1) is 16.9. The van der Waals surface area contributed by atoms with Gasteiger partial charge in [0.05, 0.1) is 6.42 Å². The number of ether oxygens (including phenoxy) is 1. The van der Waals surface area contributed by atoms with Crippen LogP contribution in [0.3, 0.4) is 0 Å². The zero-order valence-corrected chi connectivity index (χ0v) is 20.4. The summed E-state index contributed by atoms with van der Waals surface area (Å²) in [7, 11) is 0. The van der Waals surface area contributed by atoms with E-state index in [0.717, 1.165) is 41.5 Å². The number of amides is 2. The van der Waals surface area contributed by atoms with Crippen LogP contribution in [0.15, 0.2) is 48.5 Å². The monoisotopic (exact) mass is 478 g/mol. The second kappa shape index (κ2) is 10.9. The Bertz CT molecular complexity index is 1040. The minimum Gasteiger partial charge on any atom is -0.481 e. The van der Waals surface area contributed by atoms with Crippen molar-refractivity contribution in [3.8, 4) is 11.1 Å². The van der Waals surface area contributed by atoms with E-state index in [2.05, 4.69) is 29.6 Å². The average molecular weight is 479 g/mol. The lowest BCUT2D eigenvalue weighted by Gasteiger charge is -2.29.